The SMILES string of the molecule is COc1ncnc2c1nc(CCCl)n2CC1CC1C. The lowest BCUT2D eigenvalue weighted by Crippen LogP contribution is -2.07. The predicted octanol–water partition coefficient (Wildman–Crippen LogP) is 2.27. The lowest BCUT2D eigenvalue weighted by molar-refractivity contribution is 0.401. The van der Waals surface area contributed by atoms with Crippen molar-refractivity contribution in [2.45, 2.75) is 26.3 Å². The Bertz CT molecular complexity index is 598. The molecule has 0 N–H and O–H groups in total. The van der Waals surface area contributed by atoms with Gasteiger partial charge in [0.25, 0.3) is 0 Å². The zero-order valence-electron chi connectivity index (χ0n) is 11.1. The quantitative estimate of drug-likeness (QED) is 0.789. The molecule has 2 aromatic heterocycles. The summed E-state index contributed by atoms with van der Waals surface area (Å²) < 4.78 is 7.43. The number of rotatable bonds is 5. The number of hydrogen-bond acceptors (Lipinski definition) is 4. The first-order chi connectivity index (χ1) is 9.24. The predicted molar refractivity (Wildman–Crippen MR) is 73.6 cm³/mol. The van der Waals surface area contributed by atoms with E-state index in [4.69, 9.17) is 16.3 Å². The molecule has 0 spiro atoms. The number of halogens is 1. The third-order valence-electron chi connectivity index (χ3n) is 3.78. The van der Waals surface area contributed by atoms with Gasteiger partial charge in [0.1, 0.15) is 12.2 Å². The summed E-state index contributed by atoms with van der Waals surface area (Å²) in [7, 11) is 1.60. The fourth-order valence-electron chi connectivity index (χ4n) is 2.47. The van der Waals surface area contributed by atoms with Crippen LogP contribution in [-0.2, 0) is 13.0 Å². The van der Waals surface area contributed by atoms with Gasteiger partial charge in [0, 0.05) is 18.8 Å². The van der Waals surface area contributed by atoms with Crippen LogP contribution >= 0.6 is 11.6 Å². The molecule has 0 saturated heterocycles. The molecule has 1 fully saturated rings. The van der Waals surface area contributed by atoms with Crippen molar-refractivity contribution in [2.24, 2.45) is 11.8 Å². The Balaban J connectivity index is 2.07. The first kappa shape index (κ1) is 12.7. The Hall–Kier alpha value is -1.36. The van der Waals surface area contributed by atoms with Gasteiger partial charge in [-0.15, -0.1) is 11.6 Å². The topological polar surface area (TPSA) is 52.8 Å². The van der Waals surface area contributed by atoms with Crippen LogP contribution in [-0.4, -0.2) is 32.5 Å². The van der Waals surface area contributed by atoms with E-state index in [2.05, 4.69) is 26.4 Å². The maximum atomic E-state index is 5.87. The molecule has 2 unspecified atom stereocenters. The summed E-state index contributed by atoms with van der Waals surface area (Å²) in [6.45, 7) is 3.24. The number of fused-ring (bicyclic) bond motifs is 1. The molecule has 1 aliphatic rings. The van der Waals surface area contributed by atoms with Crippen molar-refractivity contribution >= 4 is 22.8 Å². The molecule has 0 amide bonds. The zero-order valence-corrected chi connectivity index (χ0v) is 11.9. The molecular formula is C13H17ClN4O. The van der Waals surface area contributed by atoms with E-state index in [0.29, 0.717) is 11.8 Å². The molecule has 2 atom stereocenters. The van der Waals surface area contributed by atoms with Crippen LogP contribution in [0.5, 0.6) is 5.88 Å². The number of imidazole rings is 1. The number of hydrogen-bond donors (Lipinski definition) is 0. The number of nitrogens with zero attached hydrogens (tertiary/aromatic N) is 4. The van der Waals surface area contributed by atoms with Crippen LogP contribution in [0.1, 0.15) is 19.2 Å². The third kappa shape index (κ3) is 2.27. The number of aryl methyl sites for hydroxylation is 1. The smallest absolute Gasteiger partial charge is 0.245 e. The summed E-state index contributed by atoms with van der Waals surface area (Å²) in [6, 6.07) is 0. The van der Waals surface area contributed by atoms with Gasteiger partial charge in [0.15, 0.2) is 11.2 Å². The van der Waals surface area contributed by atoms with Crippen molar-refractivity contribution in [3.63, 3.8) is 0 Å². The molecule has 102 valence electrons. The summed E-state index contributed by atoms with van der Waals surface area (Å²) in [5, 5.41) is 0. The molecule has 6 heteroatoms. The summed E-state index contributed by atoms with van der Waals surface area (Å²) >= 11 is 5.87. The molecule has 0 aromatic carbocycles. The average molecular weight is 281 g/mol. The maximum absolute atomic E-state index is 5.87. The summed E-state index contributed by atoms with van der Waals surface area (Å²) in [5.41, 5.74) is 1.59. The summed E-state index contributed by atoms with van der Waals surface area (Å²) in [5.74, 6) is 3.59. The minimum Gasteiger partial charge on any atom is -0.479 e. The zero-order chi connectivity index (χ0) is 13.4. The minimum absolute atomic E-state index is 0.531. The molecule has 0 aliphatic heterocycles. The van der Waals surface area contributed by atoms with Gasteiger partial charge in [-0.1, -0.05) is 6.92 Å². The van der Waals surface area contributed by atoms with Gasteiger partial charge in [0.2, 0.25) is 5.88 Å². The van der Waals surface area contributed by atoms with Gasteiger partial charge < -0.3 is 9.30 Å². The fraction of sp³-hybridized carbons (Fsp3) is 0.615. The second kappa shape index (κ2) is 4.96. The van der Waals surface area contributed by atoms with Gasteiger partial charge >= 0.3 is 0 Å². The largest absolute Gasteiger partial charge is 0.479 e. The molecule has 1 aliphatic carbocycles. The van der Waals surface area contributed by atoms with Crippen LogP contribution in [0.25, 0.3) is 11.2 Å². The van der Waals surface area contributed by atoms with Crippen molar-refractivity contribution in [1.82, 2.24) is 19.5 Å². The van der Waals surface area contributed by atoms with E-state index in [9.17, 15) is 0 Å². The maximum Gasteiger partial charge on any atom is 0.245 e. The molecule has 5 nitrogen and oxygen atoms in total. The first-order valence-corrected chi connectivity index (χ1v) is 7.08. The number of ether oxygens (including phenoxy) is 1. The Morgan fingerprint density at radius 2 is 2.26 bits per heavy atom. The second-order valence-corrected chi connectivity index (χ2v) is 5.48. The lowest BCUT2D eigenvalue weighted by Gasteiger charge is -2.06. The highest BCUT2D eigenvalue weighted by Gasteiger charge is 2.34. The van der Waals surface area contributed by atoms with E-state index in [1.54, 1.807) is 7.11 Å². The molecule has 2 aromatic rings. The van der Waals surface area contributed by atoms with Crippen molar-refractivity contribution in [1.29, 1.82) is 0 Å². The monoisotopic (exact) mass is 280 g/mol. The molecule has 1 saturated carbocycles. The van der Waals surface area contributed by atoms with Crippen LogP contribution in [0.2, 0.25) is 0 Å². The van der Waals surface area contributed by atoms with E-state index >= 15 is 0 Å². The Morgan fingerprint density at radius 3 is 2.89 bits per heavy atom. The van der Waals surface area contributed by atoms with Gasteiger partial charge in [0.05, 0.1) is 7.11 Å². The molecule has 0 radical (unpaired) electrons. The Kier molecular flexibility index (Phi) is 3.31. The summed E-state index contributed by atoms with van der Waals surface area (Å²) in [6.07, 6.45) is 3.55. The second-order valence-electron chi connectivity index (χ2n) is 5.11. The van der Waals surface area contributed by atoms with Gasteiger partial charge in [-0.05, 0) is 18.3 Å². The average Bonchev–Trinajstić information content (AvgIpc) is 2.99. The lowest BCUT2D eigenvalue weighted by atomic mass is 10.3. The first-order valence-electron chi connectivity index (χ1n) is 6.54. The highest BCUT2D eigenvalue weighted by molar-refractivity contribution is 6.17. The van der Waals surface area contributed by atoms with Crippen molar-refractivity contribution in [2.75, 3.05) is 13.0 Å². The van der Waals surface area contributed by atoms with Crippen LogP contribution in [0.3, 0.4) is 0 Å². The van der Waals surface area contributed by atoms with Crippen molar-refractivity contribution < 1.29 is 4.74 Å². The van der Waals surface area contributed by atoms with E-state index < -0.39 is 0 Å². The van der Waals surface area contributed by atoms with Crippen LogP contribution in [0.4, 0.5) is 0 Å². The van der Waals surface area contributed by atoms with E-state index in [1.807, 2.05) is 0 Å². The van der Waals surface area contributed by atoms with Crippen molar-refractivity contribution in [3.8, 4) is 5.88 Å². The van der Waals surface area contributed by atoms with Crippen LogP contribution in [0.15, 0.2) is 6.33 Å². The van der Waals surface area contributed by atoms with Crippen LogP contribution in [0, 0.1) is 11.8 Å². The molecule has 3 rings (SSSR count). The number of aromatic nitrogens is 4. The Labute approximate surface area is 117 Å². The minimum atomic E-state index is 0.531. The Morgan fingerprint density at radius 1 is 1.47 bits per heavy atom. The van der Waals surface area contributed by atoms with Gasteiger partial charge in [-0.3, -0.25) is 0 Å². The summed E-state index contributed by atoms with van der Waals surface area (Å²) in [4.78, 5) is 13.1. The standard InChI is InChI=1S/C13H17ClN4O/c1-8-5-9(8)6-18-10(3-4-14)17-11-12(18)15-7-16-13(11)19-2/h7-9H,3-6H2,1-2H3. The van der Waals surface area contributed by atoms with Crippen molar-refractivity contribution in [3.05, 3.63) is 12.2 Å². The van der Waals surface area contributed by atoms with E-state index in [1.165, 1.54) is 12.7 Å². The molecular weight excluding hydrogens is 264 g/mol. The van der Waals surface area contributed by atoms with E-state index in [0.717, 1.165) is 41.8 Å². The van der Waals surface area contributed by atoms with Gasteiger partial charge in [-0.2, -0.15) is 4.98 Å². The number of methoxy groups -OCH3 is 1. The molecule has 19 heavy (non-hydrogen) atoms. The highest BCUT2D eigenvalue weighted by Crippen LogP contribution is 2.40. The fourth-order valence-corrected chi connectivity index (χ4v) is 2.63. The number of alkyl halides is 1. The normalized spacial score (nSPS) is 21.8. The highest BCUT2D eigenvalue weighted by atomic mass is 35.5. The van der Waals surface area contributed by atoms with Gasteiger partial charge in [-0.25, -0.2) is 9.97 Å². The van der Waals surface area contributed by atoms with E-state index in [-0.39, 0.29) is 0 Å². The third-order valence-corrected chi connectivity index (χ3v) is 3.97. The molecule has 0 bridgehead atoms. The van der Waals surface area contributed by atoms with Crippen LogP contribution < -0.4 is 4.74 Å². The molecule has 2 heterocycles.